The first-order valence-corrected chi connectivity index (χ1v) is 11.7. The van der Waals surface area contributed by atoms with Gasteiger partial charge >= 0.3 is 0 Å². The lowest BCUT2D eigenvalue weighted by molar-refractivity contribution is -0.125. The number of halogens is 2. The first kappa shape index (κ1) is 21.1. The van der Waals surface area contributed by atoms with Gasteiger partial charge in [-0.3, -0.25) is 4.79 Å². The number of amides is 1. The zero-order valence-electron chi connectivity index (χ0n) is 17.7. The zero-order chi connectivity index (χ0) is 22.1. The number of fused-ring (bicyclic) bond motifs is 1. The highest BCUT2D eigenvalue weighted by atomic mass is 35.5. The molecule has 2 fully saturated rings. The lowest BCUT2D eigenvalue weighted by Gasteiger charge is -2.34. The molecule has 0 spiro atoms. The Morgan fingerprint density at radius 1 is 1.06 bits per heavy atom. The fourth-order valence-corrected chi connectivity index (χ4v) is 5.06. The van der Waals surface area contributed by atoms with Crippen molar-refractivity contribution in [2.75, 3.05) is 5.32 Å². The van der Waals surface area contributed by atoms with Crippen LogP contribution in [0.2, 0.25) is 5.02 Å². The van der Waals surface area contributed by atoms with E-state index in [2.05, 4.69) is 30.6 Å². The third kappa shape index (κ3) is 4.28. The summed E-state index contributed by atoms with van der Waals surface area (Å²) in [6, 6.07) is 1.67. The Morgan fingerprint density at radius 3 is 2.62 bits per heavy atom. The molecule has 32 heavy (non-hydrogen) atoms. The number of carbonyl (C=O) groups is 1. The van der Waals surface area contributed by atoms with Gasteiger partial charge in [-0.1, -0.05) is 37.3 Å². The summed E-state index contributed by atoms with van der Waals surface area (Å²) in [7, 11) is 0. The van der Waals surface area contributed by atoms with E-state index in [1.165, 1.54) is 6.20 Å². The molecule has 3 aromatic rings. The molecule has 5 rings (SSSR count). The van der Waals surface area contributed by atoms with Crippen LogP contribution in [0.4, 0.5) is 10.2 Å². The Hall–Kier alpha value is -2.74. The van der Waals surface area contributed by atoms with E-state index in [0.717, 1.165) is 56.8 Å². The number of rotatable bonds is 5. The largest absolute Gasteiger partial charge is 0.363 e. The van der Waals surface area contributed by atoms with Crippen LogP contribution in [0.1, 0.15) is 51.4 Å². The lowest BCUT2D eigenvalue weighted by atomic mass is 9.89. The van der Waals surface area contributed by atoms with Gasteiger partial charge in [0.05, 0.1) is 11.2 Å². The third-order valence-electron chi connectivity index (χ3n) is 6.62. The normalized spacial score (nSPS) is 21.7. The molecule has 0 aliphatic heterocycles. The van der Waals surface area contributed by atoms with Crippen molar-refractivity contribution in [3.8, 4) is 11.4 Å². The second kappa shape index (κ2) is 9.02. The van der Waals surface area contributed by atoms with Gasteiger partial charge in [0.2, 0.25) is 5.91 Å². The number of aromatic nitrogens is 4. The average molecular weight is 457 g/mol. The summed E-state index contributed by atoms with van der Waals surface area (Å²) in [5.41, 5.74) is 1.36. The van der Waals surface area contributed by atoms with Gasteiger partial charge in [-0.05, 0) is 31.7 Å². The fourth-order valence-electron chi connectivity index (χ4n) is 4.90. The maximum Gasteiger partial charge on any atom is 0.223 e. The molecule has 2 atom stereocenters. The molecular weight excluding hydrogens is 431 g/mol. The predicted molar refractivity (Wildman–Crippen MR) is 122 cm³/mol. The van der Waals surface area contributed by atoms with Crippen molar-refractivity contribution in [1.82, 2.24) is 25.3 Å². The van der Waals surface area contributed by atoms with Crippen molar-refractivity contribution in [1.29, 1.82) is 0 Å². The molecule has 0 unspecified atom stereocenters. The van der Waals surface area contributed by atoms with Crippen molar-refractivity contribution >= 4 is 34.4 Å². The van der Waals surface area contributed by atoms with Gasteiger partial charge in [0, 0.05) is 41.3 Å². The molecule has 3 N–H and O–H groups in total. The summed E-state index contributed by atoms with van der Waals surface area (Å²) in [6.45, 7) is 0. The molecule has 2 saturated carbocycles. The molecule has 0 saturated heterocycles. The number of hydrogen-bond acceptors (Lipinski definition) is 5. The summed E-state index contributed by atoms with van der Waals surface area (Å²) < 4.78 is 14.7. The Bertz CT molecular complexity index is 1130. The van der Waals surface area contributed by atoms with Gasteiger partial charge in [0.15, 0.2) is 17.5 Å². The van der Waals surface area contributed by atoms with Gasteiger partial charge in [-0.2, -0.15) is 0 Å². The molecule has 9 heteroatoms. The third-order valence-corrected chi connectivity index (χ3v) is 6.83. The molecule has 2 aliphatic rings. The van der Waals surface area contributed by atoms with E-state index in [4.69, 9.17) is 11.6 Å². The van der Waals surface area contributed by atoms with Gasteiger partial charge in [0.1, 0.15) is 5.65 Å². The Labute approximate surface area is 190 Å². The minimum Gasteiger partial charge on any atom is -0.363 e. The van der Waals surface area contributed by atoms with Crippen LogP contribution in [0.5, 0.6) is 0 Å². The topological polar surface area (TPSA) is 95.6 Å². The van der Waals surface area contributed by atoms with Gasteiger partial charge < -0.3 is 15.6 Å². The first-order chi connectivity index (χ1) is 15.6. The smallest absolute Gasteiger partial charge is 0.223 e. The summed E-state index contributed by atoms with van der Waals surface area (Å²) in [6.07, 6.45) is 12.5. The molecular formula is C23H26ClFN6O. The molecule has 2 aliphatic carbocycles. The predicted octanol–water partition coefficient (Wildman–Crippen LogP) is 4.84. The van der Waals surface area contributed by atoms with Crippen LogP contribution >= 0.6 is 11.6 Å². The van der Waals surface area contributed by atoms with Gasteiger partial charge in [0.25, 0.3) is 0 Å². The van der Waals surface area contributed by atoms with Crippen LogP contribution in [-0.2, 0) is 4.79 Å². The van der Waals surface area contributed by atoms with Gasteiger partial charge in [-0.15, -0.1) is 0 Å². The quantitative estimate of drug-likeness (QED) is 0.510. The average Bonchev–Trinajstić information content (AvgIpc) is 3.47. The maximum absolute atomic E-state index is 14.7. The highest BCUT2D eigenvalue weighted by molar-refractivity contribution is 6.31. The first-order valence-electron chi connectivity index (χ1n) is 11.3. The minimum absolute atomic E-state index is 0.0363. The Balaban J connectivity index is 1.38. The molecule has 0 radical (unpaired) electrons. The number of anilines is 1. The second-order valence-electron chi connectivity index (χ2n) is 8.77. The summed E-state index contributed by atoms with van der Waals surface area (Å²) in [5.74, 6) is 0.254. The van der Waals surface area contributed by atoms with Crippen molar-refractivity contribution in [2.24, 2.45) is 5.92 Å². The number of aromatic amines is 1. The summed E-state index contributed by atoms with van der Waals surface area (Å²) in [5, 5.41) is 7.77. The standard InChI is InChI=1S/C23H26ClFN6O/c24-14-9-15-16(11-27-20(15)26-10-14)21-28-12-17(25)22(31-21)29-18-7-3-4-8-19(18)30-23(32)13-5-1-2-6-13/h9-13,18-19H,1-8H2,(H,26,27)(H,30,32)(H,28,29,31)/t18-,19+/m1/s1. The lowest BCUT2D eigenvalue weighted by Crippen LogP contribution is -2.50. The number of pyridine rings is 1. The molecule has 7 nitrogen and oxygen atoms in total. The van der Waals surface area contributed by atoms with E-state index in [0.29, 0.717) is 22.1 Å². The maximum atomic E-state index is 14.7. The monoisotopic (exact) mass is 456 g/mol. The van der Waals surface area contributed by atoms with Crippen molar-refractivity contribution in [3.05, 3.63) is 35.5 Å². The van der Waals surface area contributed by atoms with Crippen molar-refractivity contribution < 1.29 is 9.18 Å². The molecule has 0 bridgehead atoms. The number of hydrogen-bond donors (Lipinski definition) is 3. The second-order valence-corrected chi connectivity index (χ2v) is 9.21. The van der Waals surface area contributed by atoms with Gasteiger partial charge in [-0.25, -0.2) is 19.3 Å². The summed E-state index contributed by atoms with van der Waals surface area (Å²) in [4.78, 5) is 28.7. The minimum atomic E-state index is -0.517. The highest BCUT2D eigenvalue weighted by Crippen LogP contribution is 2.30. The number of H-pyrrole nitrogens is 1. The van der Waals surface area contributed by atoms with E-state index in [9.17, 15) is 9.18 Å². The summed E-state index contributed by atoms with van der Waals surface area (Å²) >= 11 is 6.10. The Kier molecular flexibility index (Phi) is 5.95. The van der Waals surface area contributed by atoms with Crippen LogP contribution < -0.4 is 10.6 Å². The SMILES string of the molecule is O=C(N[C@H]1CCCC[C@H]1Nc1nc(-c2c[nH]c3ncc(Cl)cc23)ncc1F)C1CCCC1. The van der Waals surface area contributed by atoms with Crippen LogP contribution in [0.3, 0.4) is 0 Å². The van der Waals surface area contributed by atoms with Crippen molar-refractivity contribution in [3.63, 3.8) is 0 Å². The van der Waals surface area contributed by atoms with E-state index in [1.54, 1.807) is 18.5 Å². The zero-order valence-corrected chi connectivity index (χ0v) is 18.5. The number of carbonyl (C=O) groups excluding carboxylic acids is 1. The van der Waals surface area contributed by atoms with Crippen LogP contribution in [0, 0.1) is 11.7 Å². The van der Waals surface area contributed by atoms with Crippen molar-refractivity contribution in [2.45, 2.75) is 63.5 Å². The van der Waals surface area contributed by atoms with E-state index in [1.807, 2.05) is 0 Å². The van der Waals surface area contributed by atoms with Crippen LogP contribution in [0.15, 0.2) is 24.7 Å². The highest BCUT2D eigenvalue weighted by Gasteiger charge is 2.31. The van der Waals surface area contributed by atoms with Crippen LogP contribution in [-0.4, -0.2) is 37.9 Å². The van der Waals surface area contributed by atoms with Crippen LogP contribution in [0.25, 0.3) is 22.4 Å². The van der Waals surface area contributed by atoms with E-state index < -0.39 is 5.82 Å². The number of nitrogens with zero attached hydrogens (tertiary/aromatic N) is 3. The fraction of sp³-hybridized carbons (Fsp3) is 0.478. The molecule has 1 amide bonds. The number of nitrogens with one attached hydrogen (secondary N) is 3. The molecule has 168 valence electrons. The Morgan fingerprint density at radius 2 is 1.81 bits per heavy atom. The van der Waals surface area contributed by atoms with E-state index in [-0.39, 0.29) is 29.7 Å². The van der Waals surface area contributed by atoms with E-state index >= 15 is 0 Å². The molecule has 0 aromatic carbocycles. The molecule has 3 aromatic heterocycles. The molecule has 3 heterocycles.